The Morgan fingerprint density at radius 1 is 1.27 bits per heavy atom. The maximum Gasteiger partial charge on any atom is 0.162 e. The van der Waals surface area contributed by atoms with Gasteiger partial charge in [-0.15, -0.1) is 0 Å². The van der Waals surface area contributed by atoms with Crippen LogP contribution in [0.15, 0.2) is 12.1 Å². The zero-order valence-corrected chi connectivity index (χ0v) is 15.0. The van der Waals surface area contributed by atoms with Crippen LogP contribution >= 0.6 is 0 Å². The fraction of sp³-hybridized carbons (Fsp3) is 0.650. The van der Waals surface area contributed by atoms with Gasteiger partial charge in [-0.3, -0.25) is 4.79 Å². The average Bonchev–Trinajstić information content (AvgIpc) is 2.42. The number of carbonyl (C=O) groups excluding carboxylic acids is 1. The van der Waals surface area contributed by atoms with Crippen LogP contribution in [0.2, 0.25) is 0 Å². The van der Waals surface area contributed by atoms with E-state index >= 15 is 0 Å². The lowest BCUT2D eigenvalue weighted by Crippen LogP contribution is -2.29. The number of rotatable bonds is 4. The summed E-state index contributed by atoms with van der Waals surface area (Å²) in [5.74, 6) is 1.27. The SMILES string of the molecule is CCCCC(=O)c1cc(C(C)(C)C)c2c(c1)C(C)(C)CCO2. The molecule has 1 aliphatic rings. The topological polar surface area (TPSA) is 26.3 Å². The molecule has 0 aliphatic carbocycles. The van der Waals surface area contributed by atoms with Crippen LogP contribution in [0.25, 0.3) is 0 Å². The van der Waals surface area contributed by atoms with Gasteiger partial charge in [0.05, 0.1) is 6.61 Å². The van der Waals surface area contributed by atoms with Crippen LogP contribution in [-0.4, -0.2) is 12.4 Å². The predicted molar refractivity (Wildman–Crippen MR) is 92.1 cm³/mol. The van der Waals surface area contributed by atoms with E-state index in [1.54, 1.807) is 0 Å². The zero-order chi connectivity index (χ0) is 16.5. The van der Waals surface area contributed by atoms with Gasteiger partial charge in [-0.25, -0.2) is 0 Å². The van der Waals surface area contributed by atoms with Crippen molar-refractivity contribution in [2.75, 3.05) is 6.61 Å². The van der Waals surface area contributed by atoms with Crippen molar-refractivity contribution in [3.05, 3.63) is 28.8 Å². The fourth-order valence-corrected chi connectivity index (χ4v) is 3.03. The zero-order valence-electron chi connectivity index (χ0n) is 15.0. The molecule has 0 bridgehead atoms. The van der Waals surface area contributed by atoms with E-state index in [0.29, 0.717) is 6.42 Å². The first kappa shape index (κ1) is 17.1. The standard InChI is InChI=1S/C20H30O2/c1-7-8-9-17(21)14-12-15(19(2,3)4)18-16(13-14)20(5,6)10-11-22-18/h12-13H,7-11H2,1-6H3. The van der Waals surface area contributed by atoms with Crippen LogP contribution in [0.1, 0.15) is 88.7 Å². The Balaban J connectivity index is 2.57. The molecule has 0 spiro atoms. The number of benzene rings is 1. The molecular weight excluding hydrogens is 272 g/mol. The van der Waals surface area contributed by atoms with Crippen LogP contribution in [0, 0.1) is 0 Å². The molecule has 0 amide bonds. The van der Waals surface area contributed by atoms with E-state index in [1.807, 2.05) is 0 Å². The quantitative estimate of drug-likeness (QED) is 0.694. The van der Waals surface area contributed by atoms with Crippen molar-refractivity contribution in [1.82, 2.24) is 0 Å². The Bertz CT molecular complexity index is 545. The third kappa shape index (κ3) is 3.37. The Hall–Kier alpha value is -1.31. The van der Waals surface area contributed by atoms with Crippen molar-refractivity contribution in [3.63, 3.8) is 0 Å². The molecule has 0 saturated heterocycles. The number of fused-ring (bicyclic) bond motifs is 1. The summed E-state index contributed by atoms with van der Waals surface area (Å²) >= 11 is 0. The number of hydrogen-bond acceptors (Lipinski definition) is 2. The van der Waals surface area contributed by atoms with Gasteiger partial charge in [0.25, 0.3) is 0 Å². The molecule has 122 valence electrons. The number of ether oxygens (including phenoxy) is 1. The Labute approximate surface area is 135 Å². The fourth-order valence-electron chi connectivity index (χ4n) is 3.03. The molecule has 0 saturated carbocycles. The number of unbranched alkanes of at least 4 members (excludes halogenated alkanes) is 1. The van der Waals surface area contributed by atoms with Gasteiger partial charge in [0.1, 0.15) is 5.75 Å². The van der Waals surface area contributed by atoms with Crippen molar-refractivity contribution >= 4 is 5.78 Å². The lowest BCUT2D eigenvalue weighted by molar-refractivity contribution is 0.0979. The van der Waals surface area contributed by atoms with E-state index in [0.717, 1.165) is 42.7 Å². The summed E-state index contributed by atoms with van der Waals surface area (Å²) in [6.45, 7) is 13.9. The molecule has 2 rings (SSSR count). The maximum absolute atomic E-state index is 12.5. The van der Waals surface area contributed by atoms with E-state index in [4.69, 9.17) is 4.74 Å². The van der Waals surface area contributed by atoms with E-state index in [1.165, 1.54) is 5.56 Å². The molecule has 1 heterocycles. The highest BCUT2D eigenvalue weighted by Crippen LogP contribution is 2.44. The summed E-state index contributed by atoms with van der Waals surface area (Å²) in [5, 5.41) is 0. The third-order valence-corrected chi connectivity index (χ3v) is 4.68. The van der Waals surface area contributed by atoms with Gasteiger partial charge in [0, 0.05) is 23.1 Å². The average molecular weight is 302 g/mol. The first-order valence-electron chi connectivity index (χ1n) is 8.52. The van der Waals surface area contributed by atoms with Crippen LogP contribution in [0.4, 0.5) is 0 Å². The summed E-state index contributed by atoms with van der Waals surface area (Å²) in [6, 6.07) is 4.15. The largest absolute Gasteiger partial charge is 0.493 e. The molecule has 2 heteroatoms. The highest BCUT2D eigenvalue weighted by atomic mass is 16.5. The van der Waals surface area contributed by atoms with Crippen LogP contribution in [-0.2, 0) is 10.8 Å². The minimum atomic E-state index is -0.0292. The second-order valence-corrected chi connectivity index (χ2v) is 8.16. The van der Waals surface area contributed by atoms with E-state index < -0.39 is 0 Å². The van der Waals surface area contributed by atoms with Gasteiger partial charge in [-0.2, -0.15) is 0 Å². The second kappa shape index (κ2) is 6.06. The molecule has 2 nitrogen and oxygen atoms in total. The van der Waals surface area contributed by atoms with Crippen molar-refractivity contribution in [3.8, 4) is 5.75 Å². The summed E-state index contributed by atoms with van der Waals surface area (Å²) in [5.41, 5.74) is 3.26. The lowest BCUT2D eigenvalue weighted by Gasteiger charge is -2.36. The Morgan fingerprint density at radius 3 is 2.55 bits per heavy atom. The summed E-state index contributed by atoms with van der Waals surface area (Å²) < 4.78 is 6.02. The number of Topliss-reactive ketones (excluding diaryl/α,β-unsaturated/α-hetero) is 1. The molecule has 1 aromatic carbocycles. The van der Waals surface area contributed by atoms with E-state index in [2.05, 4.69) is 53.7 Å². The number of hydrogen-bond donors (Lipinski definition) is 0. The molecule has 1 aromatic rings. The highest BCUT2D eigenvalue weighted by molar-refractivity contribution is 5.97. The Kier molecular flexibility index (Phi) is 4.70. The molecule has 0 N–H and O–H groups in total. The molecule has 0 atom stereocenters. The van der Waals surface area contributed by atoms with Gasteiger partial charge < -0.3 is 4.74 Å². The smallest absolute Gasteiger partial charge is 0.162 e. The molecular formula is C20H30O2. The van der Waals surface area contributed by atoms with Crippen molar-refractivity contribution in [1.29, 1.82) is 0 Å². The molecule has 1 aliphatic heterocycles. The minimum Gasteiger partial charge on any atom is -0.493 e. The van der Waals surface area contributed by atoms with Crippen LogP contribution in [0.5, 0.6) is 5.75 Å². The second-order valence-electron chi connectivity index (χ2n) is 8.16. The van der Waals surface area contributed by atoms with Crippen molar-refractivity contribution < 1.29 is 9.53 Å². The van der Waals surface area contributed by atoms with E-state index in [-0.39, 0.29) is 16.6 Å². The Morgan fingerprint density at radius 2 is 1.95 bits per heavy atom. The lowest BCUT2D eigenvalue weighted by atomic mass is 9.74. The molecule has 22 heavy (non-hydrogen) atoms. The molecule has 0 unspecified atom stereocenters. The first-order valence-corrected chi connectivity index (χ1v) is 8.52. The van der Waals surface area contributed by atoms with Gasteiger partial charge in [0.15, 0.2) is 5.78 Å². The number of carbonyl (C=O) groups is 1. The van der Waals surface area contributed by atoms with Gasteiger partial charge >= 0.3 is 0 Å². The minimum absolute atomic E-state index is 0.0292. The molecule has 0 radical (unpaired) electrons. The highest BCUT2D eigenvalue weighted by Gasteiger charge is 2.34. The maximum atomic E-state index is 12.5. The summed E-state index contributed by atoms with van der Waals surface area (Å²) in [4.78, 5) is 12.5. The van der Waals surface area contributed by atoms with Gasteiger partial charge in [0.2, 0.25) is 0 Å². The first-order chi connectivity index (χ1) is 10.2. The predicted octanol–water partition coefficient (Wildman–Crippen LogP) is 5.42. The summed E-state index contributed by atoms with van der Waals surface area (Å²) in [7, 11) is 0. The van der Waals surface area contributed by atoms with Crippen LogP contribution < -0.4 is 4.74 Å². The third-order valence-electron chi connectivity index (χ3n) is 4.68. The van der Waals surface area contributed by atoms with Gasteiger partial charge in [-0.1, -0.05) is 48.0 Å². The normalized spacial score (nSPS) is 16.8. The van der Waals surface area contributed by atoms with Crippen LogP contribution in [0.3, 0.4) is 0 Å². The van der Waals surface area contributed by atoms with Gasteiger partial charge in [-0.05, 0) is 35.8 Å². The summed E-state index contributed by atoms with van der Waals surface area (Å²) in [6.07, 6.45) is 3.65. The van der Waals surface area contributed by atoms with Crippen molar-refractivity contribution in [2.24, 2.45) is 0 Å². The molecule has 0 aromatic heterocycles. The molecule has 0 fully saturated rings. The van der Waals surface area contributed by atoms with Crippen molar-refractivity contribution in [2.45, 2.75) is 78.1 Å². The number of ketones is 1. The monoisotopic (exact) mass is 302 g/mol. The van der Waals surface area contributed by atoms with E-state index in [9.17, 15) is 4.79 Å².